The zero-order valence-corrected chi connectivity index (χ0v) is 13.9. The highest BCUT2D eigenvalue weighted by Gasteiger charge is 2.51. The van der Waals surface area contributed by atoms with Crippen LogP contribution in [0.15, 0.2) is 18.2 Å². The molecule has 0 aromatic heterocycles. The van der Waals surface area contributed by atoms with Gasteiger partial charge in [-0.2, -0.15) is 0 Å². The normalized spacial score (nSPS) is 34.7. The van der Waals surface area contributed by atoms with Crippen molar-refractivity contribution >= 4 is 40.0 Å². The molecular weight excluding hydrogens is 331 g/mol. The SMILES string of the molecule is COC(=O)[C@@H]1C2CCC(C[C@H]1c1ccc(Cl)c(Cl)c1)S2=O. The molecule has 2 heterocycles. The van der Waals surface area contributed by atoms with Crippen molar-refractivity contribution in [2.24, 2.45) is 5.92 Å². The molecule has 2 aliphatic heterocycles. The summed E-state index contributed by atoms with van der Waals surface area (Å²) < 4.78 is 17.3. The van der Waals surface area contributed by atoms with Crippen molar-refractivity contribution in [3.8, 4) is 0 Å². The molecule has 1 aromatic carbocycles. The molecule has 6 heteroatoms. The van der Waals surface area contributed by atoms with Crippen molar-refractivity contribution < 1.29 is 13.7 Å². The van der Waals surface area contributed by atoms with Crippen molar-refractivity contribution in [2.45, 2.75) is 35.7 Å². The Morgan fingerprint density at radius 3 is 2.71 bits per heavy atom. The third-order valence-corrected chi connectivity index (χ3v) is 7.55. The van der Waals surface area contributed by atoms with Crippen LogP contribution in [0.25, 0.3) is 0 Å². The highest BCUT2D eigenvalue weighted by atomic mass is 35.5. The van der Waals surface area contributed by atoms with E-state index in [1.165, 1.54) is 7.11 Å². The Balaban J connectivity index is 2.00. The van der Waals surface area contributed by atoms with Gasteiger partial charge in [-0.1, -0.05) is 29.3 Å². The summed E-state index contributed by atoms with van der Waals surface area (Å²) in [6.45, 7) is 0. The Morgan fingerprint density at radius 2 is 2.05 bits per heavy atom. The largest absolute Gasteiger partial charge is 0.469 e. The second-order valence-corrected chi connectivity index (χ2v) is 8.37. The van der Waals surface area contributed by atoms with Gasteiger partial charge in [-0.15, -0.1) is 0 Å². The molecule has 3 rings (SSSR count). The number of rotatable bonds is 2. The summed E-state index contributed by atoms with van der Waals surface area (Å²) in [4.78, 5) is 12.2. The van der Waals surface area contributed by atoms with Crippen LogP contribution in [-0.4, -0.2) is 27.8 Å². The third kappa shape index (κ3) is 2.62. The van der Waals surface area contributed by atoms with E-state index in [9.17, 15) is 9.00 Å². The lowest BCUT2D eigenvalue weighted by Crippen LogP contribution is -2.41. The van der Waals surface area contributed by atoms with Gasteiger partial charge in [0, 0.05) is 21.3 Å². The van der Waals surface area contributed by atoms with E-state index in [4.69, 9.17) is 27.9 Å². The molecule has 114 valence electrons. The monoisotopic (exact) mass is 346 g/mol. The first kappa shape index (κ1) is 15.3. The molecule has 0 spiro atoms. The van der Waals surface area contributed by atoms with Gasteiger partial charge in [0.05, 0.1) is 23.1 Å². The number of carbonyl (C=O) groups is 1. The van der Waals surface area contributed by atoms with Gasteiger partial charge < -0.3 is 4.74 Å². The van der Waals surface area contributed by atoms with Crippen molar-refractivity contribution in [1.29, 1.82) is 0 Å². The molecular formula is C15H16Cl2O3S. The van der Waals surface area contributed by atoms with E-state index in [1.807, 2.05) is 12.1 Å². The summed E-state index contributed by atoms with van der Waals surface area (Å²) in [5.41, 5.74) is 0.980. The maximum atomic E-state index is 12.4. The highest BCUT2D eigenvalue weighted by Crippen LogP contribution is 2.48. The number of carbonyl (C=O) groups excluding carboxylic acids is 1. The van der Waals surface area contributed by atoms with E-state index < -0.39 is 10.8 Å². The number of hydrogen-bond donors (Lipinski definition) is 0. The smallest absolute Gasteiger partial charge is 0.310 e. The molecule has 0 radical (unpaired) electrons. The minimum Gasteiger partial charge on any atom is -0.469 e. The van der Waals surface area contributed by atoms with E-state index >= 15 is 0 Å². The molecule has 3 nitrogen and oxygen atoms in total. The van der Waals surface area contributed by atoms with Crippen LogP contribution in [0.4, 0.5) is 0 Å². The molecule has 2 bridgehead atoms. The molecule has 21 heavy (non-hydrogen) atoms. The Kier molecular flexibility index (Phi) is 4.30. The standard InChI is InChI=1S/C15H16Cl2O3S/c1-20-15(18)14-10(7-9-3-5-13(14)21(9)19)8-2-4-11(16)12(17)6-8/h2,4,6,9-10,13-14H,3,5,7H2,1H3/t9?,10-,13?,14-,21?/m0/s1. The summed E-state index contributed by atoms with van der Waals surface area (Å²) in [5, 5.41) is 1.06. The van der Waals surface area contributed by atoms with Crippen LogP contribution in [0.1, 0.15) is 30.7 Å². The summed E-state index contributed by atoms with van der Waals surface area (Å²) >= 11 is 12.1. The first-order valence-corrected chi connectivity index (χ1v) is 8.98. The van der Waals surface area contributed by atoms with Crippen molar-refractivity contribution in [1.82, 2.24) is 0 Å². The fourth-order valence-corrected chi connectivity index (χ4v) is 6.12. The fourth-order valence-electron chi connectivity index (χ4n) is 3.59. The van der Waals surface area contributed by atoms with Crippen molar-refractivity contribution in [3.05, 3.63) is 33.8 Å². The number of hydrogen-bond acceptors (Lipinski definition) is 3. The molecule has 1 aromatic rings. The summed E-state index contributed by atoms with van der Waals surface area (Å²) in [6, 6.07) is 5.47. The quantitative estimate of drug-likeness (QED) is 0.769. The molecule has 2 fully saturated rings. The zero-order chi connectivity index (χ0) is 15.1. The van der Waals surface area contributed by atoms with E-state index in [0.717, 1.165) is 24.8 Å². The van der Waals surface area contributed by atoms with Gasteiger partial charge in [-0.05, 0) is 42.9 Å². The summed E-state index contributed by atoms with van der Waals surface area (Å²) in [6.07, 6.45) is 2.48. The van der Waals surface area contributed by atoms with E-state index in [1.54, 1.807) is 6.07 Å². The maximum Gasteiger partial charge on any atom is 0.310 e. The van der Waals surface area contributed by atoms with E-state index in [2.05, 4.69) is 0 Å². The number of benzene rings is 1. The number of methoxy groups -OCH3 is 1. The Hall–Kier alpha value is -0.580. The van der Waals surface area contributed by atoms with E-state index in [0.29, 0.717) is 10.0 Å². The number of fused-ring (bicyclic) bond motifs is 2. The van der Waals surface area contributed by atoms with Crippen molar-refractivity contribution in [3.63, 3.8) is 0 Å². The minimum atomic E-state index is -0.935. The van der Waals surface area contributed by atoms with Crippen LogP contribution < -0.4 is 0 Å². The molecule has 2 saturated heterocycles. The van der Waals surface area contributed by atoms with Crippen molar-refractivity contribution in [2.75, 3.05) is 7.11 Å². The molecule has 0 N–H and O–H groups in total. The van der Waals surface area contributed by atoms with Crippen LogP contribution in [0.2, 0.25) is 10.0 Å². The second kappa shape index (κ2) is 5.90. The van der Waals surface area contributed by atoms with E-state index in [-0.39, 0.29) is 28.3 Å². The van der Waals surface area contributed by atoms with Gasteiger partial charge in [0.15, 0.2) is 0 Å². The maximum absolute atomic E-state index is 12.4. The lowest BCUT2D eigenvalue weighted by atomic mass is 9.81. The van der Waals surface area contributed by atoms with Gasteiger partial charge >= 0.3 is 5.97 Å². The average Bonchev–Trinajstić information content (AvgIpc) is 2.72. The average molecular weight is 347 g/mol. The van der Waals surface area contributed by atoms with Crippen LogP contribution >= 0.6 is 23.2 Å². The van der Waals surface area contributed by atoms with Crippen LogP contribution in [0, 0.1) is 5.92 Å². The fraction of sp³-hybridized carbons (Fsp3) is 0.533. The first-order chi connectivity index (χ1) is 10.0. The number of ether oxygens (including phenoxy) is 1. The topological polar surface area (TPSA) is 43.4 Å². The summed E-state index contributed by atoms with van der Waals surface area (Å²) in [5.74, 6) is -0.626. The van der Waals surface area contributed by atoms with Crippen LogP contribution in [-0.2, 0) is 20.3 Å². The lowest BCUT2D eigenvalue weighted by Gasteiger charge is -2.34. The summed E-state index contributed by atoms with van der Waals surface area (Å²) in [7, 11) is 0.452. The molecule has 0 aliphatic carbocycles. The predicted molar refractivity (Wildman–Crippen MR) is 84.3 cm³/mol. The Labute approximate surface area is 136 Å². The zero-order valence-electron chi connectivity index (χ0n) is 11.6. The second-order valence-electron chi connectivity index (χ2n) is 5.63. The molecule has 5 atom stereocenters. The predicted octanol–water partition coefficient (Wildman–Crippen LogP) is 3.55. The van der Waals surface area contributed by atoms with Crippen LogP contribution in [0.5, 0.6) is 0 Å². The van der Waals surface area contributed by atoms with Gasteiger partial charge in [0.25, 0.3) is 0 Å². The number of halogens is 2. The molecule has 0 amide bonds. The number of esters is 1. The van der Waals surface area contributed by atoms with Gasteiger partial charge in [-0.3, -0.25) is 9.00 Å². The van der Waals surface area contributed by atoms with Gasteiger partial charge in [-0.25, -0.2) is 0 Å². The Morgan fingerprint density at radius 1 is 1.29 bits per heavy atom. The lowest BCUT2D eigenvalue weighted by molar-refractivity contribution is -0.146. The molecule has 3 unspecified atom stereocenters. The van der Waals surface area contributed by atoms with Gasteiger partial charge in [0.2, 0.25) is 0 Å². The Bertz CT molecular complexity index is 605. The third-order valence-electron chi connectivity index (χ3n) is 4.60. The minimum absolute atomic E-state index is 0.00224. The van der Waals surface area contributed by atoms with Crippen LogP contribution in [0.3, 0.4) is 0 Å². The highest BCUT2D eigenvalue weighted by molar-refractivity contribution is 7.86. The molecule has 0 saturated carbocycles. The van der Waals surface area contributed by atoms with Gasteiger partial charge in [0.1, 0.15) is 0 Å². The first-order valence-electron chi connectivity index (χ1n) is 6.95. The molecule has 2 aliphatic rings.